The Bertz CT molecular complexity index is 617. The molecule has 6 nitrogen and oxygen atoms in total. The van der Waals surface area contributed by atoms with Crippen molar-refractivity contribution in [3.05, 3.63) is 42.2 Å². The zero-order chi connectivity index (χ0) is 15.9. The van der Waals surface area contributed by atoms with Crippen LogP contribution in [0, 0.1) is 12.7 Å². The van der Waals surface area contributed by atoms with Gasteiger partial charge in [0.15, 0.2) is 0 Å². The van der Waals surface area contributed by atoms with Crippen LogP contribution >= 0.6 is 0 Å². The minimum Gasteiger partial charge on any atom is -0.337 e. The van der Waals surface area contributed by atoms with Crippen molar-refractivity contribution >= 4 is 16.1 Å². The van der Waals surface area contributed by atoms with E-state index in [0.29, 0.717) is 12.1 Å². The Kier molecular flexibility index (Phi) is 6.32. The lowest BCUT2D eigenvalue weighted by Crippen LogP contribution is -2.40. The van der Waals surface area contributed by atoms with E-state index in [1.807, 2.05) is 0 Å². The molecule has 21 heavy (non-hydrogen) atoms. The van der Waals surface area contributed by atoms with Gasteiger partial charge >= 0.3 is 6.03 Å². The maximum Gasteiger partial charge on any atom is 0.315 e. The molecule has 0 atom stereocenters. The summed E-state index contributed by atoms with van der Waals surface area (Å²) in [5.41, 5.74) is 0.638. The molecule has 0 aromatic heterocycles. The average molecular weight is 315 g/mol. The molecule has 0 fully saturated rings. The van der Waals surface area contributed by atoms with Crippen molar-refractivity contribution < 1.29 is 17.6 Å². The van der Waals surface area contributed by atoms with Crippen molar-refractivity contribution in [1.29, 1.82) is 0 Å². The summed E-state index contributed by atoms with van der Waals surface area (Å²) in [6, 6.07) is 3.41. The van der Waals surface area contributed by atoms with E-state index in [0.717, 1.165) is 6.07 Å². The molecule has 0 radical (unpaired) electrons. The molecule has 0 unspecified atom stereocenters. The van der Waals surface area contributed by atoms with Gasteiger partial charge in [-0.05, 0) is 24.6 Å². The second kappa shape index (κ2) is 7.75. The monoisotopic (exact) mass is 315 g/mol. The number of hydrogen-bond acceptors (Lipinski definition) is 3. The van der Waals surface area contributed by atoms with Crippen molar-refractivity contribution in [2.75, 3.05) is 19.6 Å². The first-order valence-electron chi connectivity index (χ1n) is 6.25. The Balaban J connectivity index is 2.52. The quantitative estimate of drug-likeness (QED) is 0.516. The first-order valence-corrected chi connectivity index (χ1v) is 7.73. The smallest absolute Gasteiger partial charge is 0.315 e. The number of sulfonamides is 1. The van der Waals surface area contributed by atoms with Crippen LogP contribution in [0.1, 0.15) is 5.56 Å². The standard InChI is InChI=1S/C13H18FN3O3S/c1-3-6-15-13(18)16-7-8-17-21(19,20)12-9-10(2)4-5-11(12)14/h3-5,9,17H,1,6-8H2,2H3,(H2,15,16,18). The van der Waals surface area contributed by atoms with Crippen LogP contribution in [-0.4, -0.2) is 34.1 Å². The number of aryl methyl sites for hydroxylation is 1. The molecule has 0 saturated heterocycles. The van der Waals surface area contributed by atoms with Gasteiger partial charge in [0, 0.05) is 19.6 Å². The summed E-state index contributed by atoms with van der Waals surface area (Å²) in [5, 5.41) is 4.92. The number of urea groups is 1. The van der Waals surface area contributed by atoms with Gasteiger partial charge < -0.3 is 10.6 Å². The number of carbonyl (C=O) groups excluding carboxylic acids is 1. The SMILES string of the molecule is C=CCNC(=O)NCCNS(=O)(=O)c1cc(C)ccc1F. The van der Waals surface area contributed by atoms with Gasteiger partial charge in [-0.25, -0.2) is 22.3 Å². The Morgan fingerprint density at radius 1 is 1.33 bits per heavy atom. The highest BCUT2D eigenvalue weighted by molar-refractivity contribution is 7.89. The van der Waals surface area contributed by atoms with Crippen molar-refractivity contribution in [2.45, 2.75) is 11.8 Å². The first kappa shape index (κ1) is 17.1. The van der Waals surface area contributed by atoms with Gasteiger partial charge in [-0.3, -0.25) is 0 Å². The first-order chi connectivity index (χ1) is 9.86. The summed E-state index contributed by atoms with van der Waals surface area (Å²) >= 11 is 0. The van der Waals surface area contributed by atoms with Crippen molar-refractivity contribution in [3.63, 3.8) is 0 Å². The normalized spacial score (nSPS) is 11.0. The summed E-state index contributed by atoms with van der Waals surface area (Å²) in [6.45, 7) is 5.46. The number of benzene rings is 1. The minimum absolute atomic E-state index is 0.0444. The van der Waals surface area contributed by atoms with E-state index >= 15 is 0 Å². The van der Waals surface area contributed by atoms with E-state index in [1.165, 1.54) is 18.2 Å². The third kappa shape index (κ3) is 5.52. The highest BCUT2D eigenvalue weighted by Gasteiger charge is 2.18. The molecule has 0 aliphatic rings. The van der Waals surface area contributed by atoms with Crippen molar-refractivity contribution in [3.8, 4) is 0 Å². The Morgan fingerprint density at radius 2 is 2.05 bits per heavy atom. The Labute approximate surface area is 123 Å². The van der Waals surface area contributed by atoms with E-state index in [9.17, 15) is 17.6 Å². The van der Waals surface area contributed by atoms with Crippen LogP contribution in [0.2, 0.25) is 0 Å². The van der Waals surface area contributed by atoms with E-state index < -0.39 is 26.8 Å². The van der Waals surface area contributed by atoms with E-state index in [4.69, 9.17) is 0 Å². The molecule has 0 saturated carbocycles. The minimum atomic E-state index is -3.94. The molecule has 2 amide bonds. The van der Waals surface area contributed by atoms with Gasteiger partial charge in [0.25, 0.3) is 0 Å². The molecule has 3 N–H and O–H groups in total. The number of nitrogens with one attached hydrogen (secondary N) is 3. The van der Waals surface area contributed by atoms with Gasteiger partial charge in [0.1, 0.15) is 10.7 Å². The average Bonchev–Trinajstić information content (AvgIpc) is 2.44. The third-order valence-corrected chi connectivity index (χ3v) is 3.96. The van der Waals surface area contributed by atoms with Crippen LogP contribution in [0.15, 0.2) is 35.7 Å². The fraction of sp³-hybridized carbons (Fsp3) is 0.308. The highest BCUT2D eigenvalue weighted by atomic mass is 32.2. The maximum atomic E-state index is 13.5. The third-order valence-electron chi connectivity index (χ3n) is 2.49. The molecule has 0 spiro atoms. The summed E-state index contributed by atoms with van der Waals surface area (Å²) in [6.07, 6.45) is 1.52. The summed E-state index contributed by atoms with van der Waals surface area (Å²) < 4.78 is 39.6. The van der Waals surface area contributed by atoms with Crippen molar-refractivity contribution in [1.82, 2.24) is 15.4 Å². The summed E-state index contributed by atoms with van der Waals surface area (Å²) in [7, 11) is -3.94. The molecule has 0 bridgehead atoms. The lowest BCUT2D eigenvalue weighted by molar-refractivity contribution is 0.242. The molecule has 1 aromatic carbocycles. The number of halogens is 1. The van der Waals surface area contributed by atoms with E-state index in [2.05, 4.69) is 21.9 Å². The van der Waals surface area contributed by atoms with Gasteiger partial charge in [0.05, 0.1) is 0 Å². The summed E-state index contributed by atoms with van der Waals surface area (Å²) in [5.74, 6) is -0.815. The van der Waals surface area contributed by atoms with E-state index in [-0.39, 0.29) is 13.1 Å². The van der Waals surface area contributed by atoms with Crippen LogP contribution in [0.3, 0.4) is 0 Å². The molecule has 1 rings (SSSR count). The van der Waals surface area contributed by atoms with Gasteiger partial charge in [-0.15, -0.1) is 6.58 Å². The van der Waals surface area contributed by atoms with Gasteiger partial charge in [-0.1, -0.05) is 12.1 Å². The predicted octanol–water partition coefficient (Wildman–Crippen LogP) is 0.898. The zero-order valence-corrected chi connectivity index (χ0v) is 12.5. The topological polar surface area (TPSA) is 87.3 Å². The van der Waals surface area contributed by atoms with Crippen LogP contribution in [0.4, 0.5) is 9.18 Å². The lowest BCUT2D eigenvalue weighted by atomic mass is 10.2. The molecule has 1 aromatic rings. The Morgan fingerprint density at radius 3 is 2.71 bits per heavy atom. The number of rotatable bonds is 7. The fourth-order valence-corrected chi connectivity index (χ4v) is 2.68. The maximum absolute atomic E-state index is 13.5. The number of hydrogen-bond donors (Lipinski definition) is 3. The molecule has 0 heterocycles. The second-order valence-electron chi connectivity index (χ2n) is 4.26. The van der Waals surface area contributed by atoms with Crippen LogP contribution in [0.25, 0.3) is 0 Å². The molecule has 8 heteroatoms. The molecular formula is C13H18FN3O3S. The van der Waals surface area contributed by atoms with Crippen LogP contribution in [-0.2, 0) is 10.0 Å². The van der Waals surface area contributed by atoms with Gasteiger partial charge in [0.2, 0.25) is 10.0 Å². The predicted molar refractivity (Wildman–Crippen MR) is 77.9 cm³/mol. The molecular weight excluding hydrogens is 297 g/mol. The van der Waals surface area contributed by atoms with Crippen LogP contribution < -0.4 is 15.4 Å². The number of carbonyl (C=O) groups is 1. The highest BCUT2D eigenvalue weighted by Crippen LogP contribution is 2.15. The van der Waals surface area contributed by atoms with Gasteiger partial charge in [-0.2, -0.15) is 0 Å². The Hall–Kier alpha value is -1.93. The molecule has 116 valence electrons. The largest absolute Gasteiger partial charge is 0.337 e. The fourth-order valence-electron chi connectivity index (χ4n) is 1.48. The second-order valence-corrected chi connectivity index (χ2v) is 5.99. The lowest BCUT2D eigenvalue weighted by Gasteiger charge is -2.09. The number of amides is 2. The molecule has 0 aliphatic carbocycles. The molecule has 0 aliphatic heterocycles. The zero-order valence-electron chi connectivity index (χ0n) is 11.6. The van der Waals surface area contributed by atoms with Crippen molar-refractivity contribution in [2.24, 2.45) is 0 Å². The van der Waals surface area contributed by atoms with Crippen LogP contribution in [0.5, 0.6) is 0 Å². The van der Waals surface area contributed by atoms with E-state index in [1.54, 1.807) is 6.92 Å². The summed E-state index contributed by atoms with van der Waals surface area (Å²) in [4.78, 5) is 10.8.